The molecular formula is C24H21N5O. The van der Waals surface area contributed by atoms with Crippen LogP contribution in [0, 0.1) is 0 Å². The molecule has 0 N–H and O–H groups in total. The van der Waals surface area contributed by atoms with E-state index in [1.165, 1.54) is 0 Å². The fourth-order valence-electron chi connectivity index (χ4n) is 3.85. The van der Waals surface area contributed by atoms with Crippen LogP contribution in [-0.2, 0) is 0 Å². The zero-order valence-electron chi connectivity index (χ0n) is 16.5. The summed E-state index contributed by atoms with van der Waals surface area (Å²) in [5.41, 5.74) is 2.95. The fraction of sp³-hybridized carbons (Fsp3) is 0.167. The number of benzene rings is 1. The van der Waals surface area contributed by atoms with E-state index >= 15 is 0 Å². The van der Waals surface area contributed by atoms with Gasteiger partial charge in [0.25, 0.3) is 5.91 Å². The summed E-state index contributed by atoms with van der Waals surface area (Å²) in [7, 11) is 0. The lowest BCUT2D eigenvalue weighted by molar-refractivity contribution is 0.0748. The third-order valence-corrected chi connectivity index (χ3v) is 5.41. The average Bonchev–Trinajstić information content (AvgIpc) is 2.84. The van der Waals surface area contributed by atoms with Gasteiger partial charge in [0.2, 0.25) is 0 Å². The van der Waals surface area contributed by atoms with Crippen molar-refractivity contribution in [2.45, 2.75) is 0 Å². The van der Waals surface area contributed by atoms with Crippen LogP contribution in [-0.4, -0.2) is 51.9 Å². The fourth-order valence-corrected chi connectivity index (χ4v) is 3.85. The Balaban J connectivity index is 1.45. The molecule has 4 aromatic rings. The first-order valence-corrected chi connectivity index (χ1v) is 10.1. The molecule has 0 spiro atoms. The van der Waals surface area contributed by atoms with Gasteiger partial charge in [0.15, 0.2) is 0 Å². The molecule has 4 heterocycles. The standard InChI is InChI=1S/C24H21N5O/c30-24(29-15-13-28(14-16-29)23-10-4-6-12-26-23)19-17-22(21-9-3-5-11-25-21)27-20-8-2-1-7-18(19)20/h1-12,17H,13-16H2. The minimum atomic E-state index is 0.0338. The van der Waals surface area contributed by atoms with E-state index in [0.29, 0.717) is 24.3 Å². The molecule has 5 rings (SSSR count). The number of hydrogen-bond donors (Lipinski definition) is 0. The van der Waals surface area contributed by atoms with E-state index < -0.39 is 0 Å². The van der Waals surface area contributed by atoms with Gasteiger partial charge in [0, 0.05) is 44.0 Å². The number of piperazine rings is 1. The van der Waals surface area contributed by atoms with Crippen molar-refractivity contribution in [1.82, 2.24) is 19.9 Å². The van der Waals surface area contributed by atoms with Crippen LogP contribution >= 0.6 is 0 Å². The molecule has 6 nitrogen and oxygen atoms in total. The lowest BCUT2D eigenvalue weighted by Gasteiger charge is -2.35. The number of rotatable bonds is 3. The van der Waals surface area contributed by atoms with Crippen molar-refractivity contribution in [2.24, 2.45) is 0 Å². The van der Waals surface area contributed by atoms with E-state index in [9.17, 15) is 4.79 Å². The predicted molar refractivity (Wildman–Crippen MR) is 117 cm³/mol. The number of hydrogen-bond acceptors (Lipinski definition) is 5. The molecule has 1 amide bonds. The summed E-state index contributed by atoms with van der Waals surface area (Å²) in [6.45, 7) is 2.84. The number of carbonyl (C=O) groups excluding carboxylic acids is 1. The Morgan fingerprint density at radius 3 is 2.23 bits per heavy atom. The van der Waals surface area contributed by atoms with Crippen LogP contribution in [0.1, 0.15) is 10.4 Å². The molecule has 0 aliphatic carbocycles. The zero-order valence-corrected chi connectivity index (χ0v) is 16.5. The Morgan fingerprint density at radius 2 is 1.50 bits per heavy atom. The Hall–Kier alpha value is -3.80. The van der Waals surface area contributed by atoms with Gasteiger partial charge in [0.1, 0.15) is 5.82 Å². The molecule has 1 saturated heterocycles. The first-order valence-electron chi connectivity index (χ1n) is 10.1. The van der Waals surface area contributed by atoms with Crippen molar-refractivity contribution in [3.05, 3.63) is 84.7 Å². The average molecular weight is 395 g/mol. The largest absolute Gasteiger partial charge is 0.353 e. The highest BCUT2D eigenvalue weighted by molar-refractivity contribution is 6.07. The van der Waals surface area contributed by atoms with Crippen LogP contribution < -0.4 is 4.90 Å². The van der Waals surface area contributed by atoms with Gasteiger partial charge in [-0.25, -0.2) is 9.97 Å². The van der Waals surface area contributed by atoms with Gasteiger partial charge in [-0.15, -0.1) is 0 Å². The molecular weight excluding hydrogens is 374 g/mol. The summed E-state index contributed by atoms with van der Waals surface area (Å²) in [6.07, 6.45) is 3.54. The van der Waals surface area contributed by atoms with Gasteiger partial charge >= 0.3 is 0 Å². The molecule has 0 saturated carbocycles. The SMILES string of the molecule is O=C(c1cc(-c2ccccn2)nc2ccccc12)N1CCN(c2ccccn2)CC1. The van der Waals surface area contributed by atoms with Crippen LogP contribution in [0.2, 0.25) is 0 Å². The summed E-state index contributed by atoms with van der Waals surface area (Å²) in [5, 5.41) is 0.870. The summed E-state index contributed by atoms with van der Waals surface area (Å²) in [6, 6.07) is 21.3. The second kappa shape index (κ2) is 7.91. The van der Waals surface area contributed by atoms with Crippen molar-refractivity contribution in [1.29, 1.82) is 0 Å². The molecule has 148 valence electrons. The summed E-state index contributed by atoms with van der Waals surface area (Å²) in [5.74, 6) is 0.989. The second-order valence-electron chi connectivity index (χ2n) is 7.25. The monoisotopic (exact) mass is 395 g/mol. The Morgan fingerprint density at radius 1 is 0.767 bits per heavy atom. The summed E-state index contributed by atoms with van der Waals surface area (Å²) in [4.78, 5) is 31.2. The quantitative estimate of drug-likeness (QED) is 0.530. The number of fused-ring (bicyclic) bond motifs is 1. The van der Waals surface area contributed by atoms with Crippen LogP contribution in [0.4, 0.5) is 5.82 Å². The number of para-hydroxylation sites is 1. The van der Waals surface area contributed by atoms with Crippen molar-refractivity contribution in [3.8, 4) is 11.4 Å². The summed E-state index contributed by atoms with van der Waals surface area (Å²) >= 11 is 0. The van der Waals surface area contributed by atoms with E-state index in [1.54, 1.807) is 12.4 Å². The molecule has 3 aromatic heterocycles. The number of pyridine rings is 3. The van der Waals surface area contributed by atoms with Gasteiger partial charge in [-0.2, -0.15) is 0 Å². The maximum Gasteiger partial charge on any atom is 0.254 e. The second-order valence-corrected chi connectivity index (χ2v) is 7.25. The summed E-state index contributed by atoms with van der Waals surface area (Å²) < 4.78 is 0. The van der Waals surface area contributed by atoms with Crippen molar-refractivity contribution in [2.75, 3.05) is 31.1 Å². The van der Waals surface area contributed by atoms with Crippen LogP contribution in [0.25, 0.3) is 22.3 Å². The molecule has 1 fully saturated rings. The van der Waals surface area contributed by atoms with Gasteiger partial charge in [-0.1, -0.05) is 30.3 Å². The highest BCUT2D eigenvalue weighted by atomic mass is 16.2. The number of aromatic nitrogens is 3. The van der Waals surface area contributed by atoms with Crippen LogP contribution in [0.3, 0.4) is 0 Å². The van der Waals surface area contributed by atoms with E-state index in [2.05, 4.69) is 14.9 Å². The molecule has 0 atom stereocenters. The molecule has 0 radical (unpaired) electrons. The van der Waals surface area contributed by atoms with Crippen molar-refractivity contribution >= 4 is 22.6 Å². The molecule has 1 aliphatic rings. The van der Waals surface area contributed by atoms with E-state index in [1.807, 2.05) is 71.6 Å². The van der Waals surface area contributed by atoms with E-state index in [0.717, 1.165) is 35.5 Å². The van der Waals surface area contributed by atoms with Gasteiger partial charge in [0.05, 0.1) is 22.5 Å². The number of carbonyl (C=O) groups is 1. The Kier molecular flexibility index (Phi) is 4.81. The zero-order chi connectivity index (χ0) is 20.3. The minimum absolute atomic E-state index is 0.0338. The minimum Gasteiger partial charge on any atom is -0.353 e. The molecule has 1 aromatic carbocycles. The highest BCUT2D eigenvalue weighted by Gasteiger charge is 2.25. The van der Waals surface area contributed by atoms with Crippen molar-refractivity contribution < 1.29 is 4.79 Å². The normalized spacial score (nSPS) is 14.1. The van der Waals surface area contributed by atoms with E-state index in [-0.39, 0.29) is 5.91 Å². The number of nitrogens with zero attached hydrogens (tertiary/aromatic N) is 5. The first-order chi connectivity index (χ1) is 14.8. The lowest BCUT2D eigenvalue weighted by atomic mass is 10.0. The van der Waals surface area contributed by atoms with Gasteiger partial charge < -0.3 is 9.80 Å². The number of amides is 1. The van der Waals surface area contributed by atoms with E-state index in [4.69, 9.17) is 4.98 Å². The lowest BCUT2D eigenvalue weighted by Crippen LogP contribution is -2.49. The third kappa shape index (κ3) is 3.48. The topological polar surface area (TPSA) is 62.2 Å². The number of anilines is 1. The van der Waals surface area contributed by atoms with Crippen LogP contribution in [0.15, 0.2) is 79.1 Å². The van der Waals surface area contributed by atoms with Gasteiger partial charge in [-0.3, -0.25) is 9.78 Å². The molecule has 0 bridgehead atoms. The molecule has 30 heavy (non-hydrogen) atoms. The van der Waals surface area contributed by atoms with Crippen molar-refractivity contribution in [3.63, 3.8) is 0 Å². The molecule has 1 aliphatic heterocycles. The maximum absolute atomic E-state index is 13.5. The smallest absolute Gasteiger partial charge is 0.254 e. The first kappa shape index (κ1) is 18.2. The maximum atomic E-state index is 13.5. The Labute approximate surface area is 174 Å². The van der Waals surface area contributed by atoms with Gasteiger partial charge in [-0.05, 0) is 36.4 Å². The molecule has 0 unspecified atom stereocenters. The Bertz CT molecular complexity index is 1170. The third-order valence-electron chi connectivity index (χ3n) is 5.41. The highest BCUT2D eigenvalue weighted by Crippen LogP contribution is 2.25. The predicted octanol–water partition coefficient (Wildman–Crippen LogP) is 3.65. The molecule has 6 heteroatoms. The van der Waals surface area contributed by atoms with Crippen LogP contribution in [0.5, 0.6) is 0 Å².